The maximum absolute atomic E-state index is 2.70. The van der Waals surface area contributed by atoms with Crippen LogP contribution in [0, 0.1) is 0 Å². The molecule has 0 saturated carbocycles. The summed E-state index contributed by atoms with van der Waals surface area (Å²) >= 11 is 3.94. The highest BCUT2D eigenvalue weighted by Crippen LogP contribution is 2.55. The molecule has 0 saturated heterocycles. The molecule has 15 aromatic rings. The summed E-state index contributed by atoms with van der Waals surface area (Å²) in [5.74, 6) is 0. The summed E-state index contributed by atoms with van der Waals surface area (Å²) in [6, 6.07) is 118. The van der Waals surface area contributed by atoms with Gasteiger partial charge < -0.3 is 29.4 Å². The van der Waals surface area contributed by atoms with Crippen molar-refractivity contribution in [1.29, 1.82) is 0 Å². The molecular formula is C90H70B2N6S2. The van der Waals surface area contributed by atoms with Crippen LogP contribution < -0.4 is 60.8 Å². The molecule has 0 amide bonds. The van der Waals surface area contributed by atoms with Gasteiger partial charge in [0.1, 0.15) is 0 Å². The lowest BCUT2D eigenvalue weighted by Crippen LogP contribution is -2.64. The minimum Gasteiger partial charge on any atom is -0.311 e. The molecular weight excluding hydrogens is 1250 g/mol. The van der Waals surface area contributed by atoms with Crippen LogP contribution in [0.2, 0.25) is 0 Å². The van der Waals surface area contributed by atoms with Gasteiger partial charge >= 0.3 is 0 Å². The molecule has 0 radical (unpaired) electrons. The zero-order valence-corrected chi connectivity index (χ0v) is 58.3. The van der Waals surface area contributed by atoms with E-state index < -0.39 is 0 Å². The van der Waals surface area contributed by atoms with E-state index in [1.807, 2.05) is 22.7 Å². The van der Waals surface area contributed by atoms with E-state index in [0.29, 0.717) is 0 Å². The van der Waals surface area contributed by atoms with Crippen molar-refractivity contribution in [3.63, 3.8) is 0 Å². The van der Waals surface area contributed by atoms with E-state index in [1.54, 1.807) is 0 Å². The van der Waals surface area contributed by atoms with Crippen LogP contribution in [0.5, 0.6) is 0 Å². The summed E-state index contributed by atoms with van der Waals surface area (Å²) in [4.78, 5) is 15.4. The Morgan fingerprint density at radius 3 is 0.850 bits per heavy atom. The number of para-hydroxylation sites is 8. The van der Waals surface area contributed by atoms with Crippen LogP contribution in [0.3, 0.4) is 0 Å². The third-order valence-corrected chi connectivity index (χ3v) is 23.2. The van der Waals surface area contributed by atoms with Crippen LogP contribution in [0.1, 0.15) is 52.7 Å². The van der Waals surface area contributed by atoms with Gasteiger partial charge in [0.2, 0.25) is 0 Å². The largest absolute Gasteiger partial charge is 0.311 e. The maximum atomic E-state index is 2.70. The Morgan fingerprint density at radius 1 is 0.270 bits per heavy atom. The van der Waals surface area contributed by atoms with Crippen molar-refractivity contribution in [2.24, 2.45) is 0 Å². The predicted octanol–water partition coefficient (Wildman–Crippen LogP) is 21.8. The second-order valence-corrected chi connectivity index (χ2v) is 31.0. The van der Waals surface area contributed by atoms with Gasteiger partial charge in [-0.25, -0.2) is 0 Å². The Labute approximate surface area is 594 Å². The number of rotatable bonds is 10. The standard InChI is InChI=1S/C90H70B2N6S2/c1-89(2,3)59-47-49-81-71(51-59)85-87(99-81)91-73-57-74-76(58-75(73)95(65-39-23-11-24-40-65)77-53-69(55-79(83(77)91)97(85)67-43-27-13-28-44-67)93(61-31-15-7-16-32-61)62-33-17-8-18-34-62)96(66-41-25-12-26-42-66)78-54-70(94(63-35-19-9-20-36-63)64-37-21-10-22-38-64)56-80-84(78)92(74)88-86(98(80)68-45-29-14-30-46-68)72-52-60(90(4,5)6)48-50-82(72)100-88/h7-58H,1-6H3. The number of hydrogen-bond acceptors (Lipinski definition) is 8. The fourth-order valence-corrected chi connectivity index (χ4v) is 18.8. The van der Waals surface area contributed by atoms with Gasteiger partial charge in [-0.05, 0) is 195 Å². The summed E-state index contributed by atoms with van der Waals surface area (Å²) in [5.41, 5.74) is 27.8. The molecule has 478 valence electrons. The Bertz CT molecular complexity index is 5240. The van der Waals surface area contributed by atoms with Crippen LogP contribution in [0.25, 0.3) is 20.2 Å². The van der Waals surface area contributed by atoms with Gasteiger partial charge in [-0.15, -0.1) is 22.7 Å². The number of nitrogens with zero attached hydrogens (tertiary/aromatic N) is 6. The molecule has 6 nitrogen and oxygen atoms in total. The smallest absolute Gasteiger partial charge is 0.264 e. The van der Waals surface area contributed by atoms with Crippen molar-refractivity contribution in [2.75, 3.05) is 29.4 Å². The lowest BCUT2D eigenvalue weighted by atomic mass is 9.32. The summed E-state index contributed by atoms with van der Waals surface area (Å²) < 4.78 is 5.22. The topological polar surface area (TPSA) is 19.4 Å². The van der Waals surface area contributed by atoms with E-state index in [2.05, 4.69) is 386 Å². The van der Waals surface area contributed by atoms with E-state index in [4.69, 9.17) is 0 Å². The first-order valence-corrected chi connectivity index (χ1v) is 36.4. The third kappa shape index (κ3) is 9.52. The molecule has 19 rings (SSSR count). The number of benzene rings is 13. The number of thiophene rings is 2. The lowest BCUT2D eigenvalue weighted by Gasteiger charge is -2.47. The van der Waals surface area contributed by atoms with Crippen molar-refractivity contribution in [3.05, 3.63) is 327 Å². The Balaban J connectivity index is 0.973. The Kier molecular flexibility index (Phi) is 13.9. The molecule has 0 bridgehead atoms. The van der Waals surface area contributed by atoms with Gasteiger partial charge in [0.05, 0.1) is 22.7 Å². The van der Waals surface area contributed by atoms with Crippen molar-refractivity contribution in [1.82, 2.24) is 0 Å². The number of anilines is 18. The zero-order valence-electron chi connectivity index (χ0n) is 56.7. The molecule has 0 unspecified atom stereocenters. The molecule has 0 fully saturated rings. The van der Waals surface area contributed by atoms with E-state index in [9.17, 15) is 0 Å². The van der Waals surface area contributed by atoms with Gasteiger partial charge in [0.15, 0.2) is 0 Å². The van der Waals surface area contributed by atoms with Gasteiger partial charge in [0.25, 0.3) is 13.4 Å². The average molecular weight is 1320 g/mol. The van der Waals surface area contributed by atoms with E-state index >= 15 is 0 Å². The summed E-state index contributed by atoms with van der Waals surface area (Å²) in [5, 5.41) is 2.54. The molecule has 2 aromatic heterocycles. The fraction of sp³-hybridized carbons (Fsp3) is 0.0889. The van der Waals surface area contributed by atoms with E-state index in [0.717, 1.165) is 91.0 Å². The highest BCUT2D eigenvalue weighted by atomic mass is 32.1. The Morgan fingerprint density at radius 2 is 0.550 bits per heavy atom. The normalized spacial score (nSPS) is 13.4. The fourth-order valence-electron chi connectivity index (χ4n) is 16.2. The second kappa shape index (κ2) is 23.2. The van der Waals surface area contributed by atoms with Crippen LogP contribution >= 0.6 is 22.7 Å². The van der Waals surface area contributed by atoms with Gasteiger partial charge in [0, 0.05) is 109 Å². The average Bonchev–Trinajstić information content (AvgIpc) is 1.20. The highest BCUT2D eigenvalue weighted by Gasteiger charge is 2.51. The van der Waals surface area contributed by atoms with Crippen molar-refractivity contribution in [3.8, 4) is 0 Å². The number of fused-ring (bicyclic) bond motifs is 12. The predicted molar refractivity (Wildman–Crippen MR) is 432 cm³/mol. The zero-order chi connectivity index (χ0) is 67.1. The molecule has 0 aliphatic carbocycles. The first-order chi connectivity index (χ1) is 48.9. The van der Waals surface area contributed by atoms with E-state index in [-0.39, 0.29) is 24.3 Å². The van der Waals surface area contributed by atoms with Gasteiger partial charge in [-0.3, -0.25) is 0 Å². The molecule has 0 spiro atoms. The lowest BCUT2D eigenvalue weighted by molar-refractivity contribution is 0.591. The summed E-state index contributed by atoms with van der Waals surface area (Å²) in [7, 11) is 0. The maximum Gasteiger partial charge on any atom is 0.264 e. The third-order valence-electron chi connectivity index (χ3n) is 20.8. The second-order valence-electron chi connectivity index (χ2n) is 28.9. The van der Waals surface area contributed by atoms with Crippen LogP contribution in [0.15, 0.2) is 315 Å². The van der Waals surface area contributed by atoms with Crippen molar-refractivity contribution in [2.45, 2.75) is 52.4 Å². The minimum absolute atomic E-state index is 0.0934. The summed E-state index contributed by atoms with van der Waals surface area (Å²) in [6.07, 6.45) is 0. The molecule has 4 aliphatic heterocycles. The first kappa shape index (κ1) is 59.9. The molecule has 0 atom stereocenters. The molecule has 100 heavy (non-hydrogen) atoms. The number of hydrogen-bond donors (Lipinski definition) is 0. The van der Waals surface area contributed by atoms with Crippen LogP contribution in [-0.4, -0.2) is 13.4 Å². The van der Waals surface area contributed by atoms with Gasteiger partial charge in [-0.2, -0.15) is 0 Å². The quantitative estimate of drug-likeness (QED) is 0.126. The first-order valence-electron chi connectivity index (χ1n) is 34.8. The van der Waals surface area contributed by atoms with Crippen LogP contribution in [-0.2, 0) is 10.8 Å². The van der Waals surface area contributed by atoms with Crippen molar-refractivity contribution < 1.29 is 0 Å². The van der Waals surface area contributed by atoms with Crippen LogP contribution in [0.4, 0.5) is 102 Å². The molecule has 0 N–H and O–H groups in total. The summed E-state index contributed by atoms with van der Waals surface area (Å²) in [6.45, 7) is 13.7. The highest BCUT2D eigenvalue weighted by molar-refractivity contribution is 7.35. The molecule has 10 heteroatoms. The SMILES string of the molecule is CC(C)(C)c1ccc2sc3c(c2c1)N(c1ccccc1)c1cc(N(c2ccccc2)c2ccccc2)cc2c1B3c1cc3c(cc1N2c1ccccc1)N(c1ccccc1)c1cc(N(c2ccccc2)c2ccccc2)cc2c1B3c1sc3ccc(C(C)(C)C)cc3c1N2c1ccccc1. The van der Waals surface area contributed by atoms with Gasteiger partial charge in [-0.1, -0.05) is 205 Å². The Hall–Kier alpha value is -11.3. The van der Waals surface area contributed by atoms with Crippen molar-refractivity contribution >= 4 is 190 Å². The molecule has 4 aliphatic rings. The monoisotopic (exact) mass is 1320 g/mol. The molecule has 13 aromatic carbocycles. The molecule has 6 heterocycles. The van der Waals surface area contributed by atoms with E-state index in [1.165, 1.54) is 74.1 Å². The minimum atomic E-state index is -0.189.